The first-order chi connectivity index (χ1) is 8.00. The van der Waals surface area contributed by atoms with E-state index in [0.29, 0.717) is 12.5 Å². The maximum Gasteiger partial charge on any atom is 0.225 e. The Kier molecular flexibility index (Phi) is 3.31. The molecule has 1 atom stereocenters. The summed E-state index contributed by atoms with van der Waals surface area (Å²) in [5.74, 6) is 0.708. The van der Waals surface area contributed by atoms with Gasteiger partial charge in [-0.15, -0.1) is 0 Å². The number of aliphatic hydroxyl groups is 1. The van der Waals surface area contributed by atoms with E-state index in [2.05, 4.69) is 14.9 Å². The maximum absolute atomic E-state index is 9.25. The first kappa shape index (κ1) is 12.3. The molecule has 1 saturated heterocycles. The quantitative estimate of drug-likeness (QED) is 0.823. The molecule has 1 aliphatic rings. The zero-order valence-electron chi connectivity index (χ0n) is 10.6. The van der Waals surface area contributed by atoms with Crippen LogP contribution >= 0.6 is 0 Å². The summed E-state index contributed by atoms with van der Waals surface area (Å²) in [6.07, 6.45) is 1.58. The molecule has 0 amide bonds. The van der Waals surface area contributed by atoms with E-state index >= 15 is 0 Å². The summed E-state index contributed by atoms with van der Waals surface area (Å²) < 4.78 is 5.76. The summed E-state index contributed by atoms with van der Waals surface area (Å²) in [6.45, 7) is 7.34. The average molecular weight is 237 g/mol. The minimum Gasteiger partial charge on any atom is -0.394 e. The van der Waals surface area contributed by atoms with Crippen molar-refractivity contribution in [3.63, 3.8) is 0 Å². The van der Waals surface area contributed by atoms with Gasteiger partial charge in [-0.1, -0.05) is 0 Å². The molecule has 94 valence electrons. The van der Waals surface area contributed by atoms with Gasteiger partial charge in [-0.25, -0.2) is 9.97 Å². The van der Waals surface area contributed by atoms with E-state index in [1.807, 2.05) is 26.8 Å². The van der Waals surface area contributed by atoms with Crippen molar-refractivity contribution in [3.8, 4) is 0 Å². The number of aryl methyl sites for hydroxylation is 1. The first-order valence-corrected chi connectivity index (χ1v) is 5.83. The second-order valence-corrected chi connectivity index (χ2v) is 5.06. The largest absolute Gasteiger partial charge is 0.394 e. The first-order valence-electron chi connectivity index (χ1n) is 5.83. The van der Waals surface area contributed by atoms with Crippen LogP contribution in [-0.4, -0.2) is 46.5 Å². The smallest absolute Gasteiger partial charge is 0.225 e. The van der Waals surface area contributed by atoms with Crippen LogP contribution in [0.1, 0.15) is 19.5 Å². The number of aliphatic hydroxyl groups excluding tert-OH is 1. The van der Waals surface area contributed by atoms with Gasteiger partial charge in [0.25, 0.3) is 0 Å². The van der Waals surface area contributed by atoms with Gasteiger partial charge in [0.1, 0.15) is 0 Å². The van der Waals surface area contributed by atoms with E-state index < -0.39 is 0 Å². The minimum atomic E-state index is -0.293. The van der Waals surface area contributed by atoms with Crippen LogP contribution in [0.4, 0.5) is 5.95 Å². The highest BCUT2D eigenvalue weighted by Crippen LogP contribution is 2.23. The van der Waals surface area contributed by atoms with Gasteiger partial charge < -0.3 is 14.7 Å². The van der Waals surface area contributed by atoms with Crippen molar-refractivity contribution < 1.29 is 9.84 Å². The van der Waals surface area contributed by atoms with Gasteiger partial charge in [-0.2, -0.15) is 0 Å². The number of nitrogens with zero attached hydrogens (tertiary/aromatic N) is 3. The lowest BCUT2D eigenvalue weighted by Gasteiger charge is -2.42. The summed E-state index contributed by atoms with van der Waals surface area (Å²) in [5.41, 5.74) is 0.651. The van der Waals surface area contributed by atoms with Crippen LogP contribution in [0.3, 0.4) is 0 Å². The van der Waals surface area contributed by atoms with E-state index in [1.165, 1.54) is 0 Å². The molecular formula is C12H19N3O2. The Labute approximate surface area is 101 Å². The summed E-state index contributed by atoms with van der Waals surface area (Å²) in [4.78, 5) is 10.8. The van der Waals surface area contributed by atoms with Gasteiger partial charge >= 0.3 is 0 Å². The zero-order chi connectivity index (χ0) is 12.5. The number of ether oxygens (including phenoxy) is 1. The lowest BCUT2D eigenvalue weighted by molar-refractivity contribution is -0.101. The molecule has 2 rings (SSSR count). The van der Waals surface area contributed by atoms with Crippen LogP contribution in [0.5, 0.6) is 0 Å². The molecule has 5 heteroatoms. The standard InChI is InChI=1S/C12H19N3O2/c1-9-4-5-13-11(14-9)15-6-10(7-16)17-12(2,3)8-15/h4-5,10,16H,6-8H2,1-3H3. The number of morpholine rings is 1. The van der Waals surface area contributed by atoms with E-state index in [9.17, 15) is 5.11 Å². The van der Waals surface area contributed by atoms with Gasteiger partial charge in [-0.05, 0) is 26.8 Å². The Morgan fingerprint density at radius 3 is 3.00 bits per heavy atom. The highest BCUT2D eigenvalue weighted by Gasteiger charge is 2.34. The van der Waals surface area contributed by atoms with Gasteiger partial charge in [0, 0.05) is 25.0 Å². The predicted molar refractivity (Wildman–Crippen MR) is 65.0 cm³/mol. The number of aromatic nitrogens is 2. The third-order valence-corrected chi connectivity index (χ3v) is 2.75. The molecule has 0 aliphatic carbocycles. The van der Waals surface area contributed by atoms with Crippen molar-refractivity contribution in [1.29, 1.82) is 0 Å². The third kappa shape index (κ3) is 2.92. The van der Waals surface area contributed by atoms with Crippen molar-refractivity contribution >= 4 is 5.95 Å². The van der Waals surface area contributed by atoms with Crippen LogP contribution in [0, 0.1) is 6.92 Å². The fraction of sp³-hybridized carbons (Fsp3) is 0.667. The molecule has 1 aromatic heterocycles. The zero-order valence-corrected chi connectivity index (χ0v) is 10.6. The Morgan fingerprint density at radius 2 is 2.35 bits per heavy atom. The lowest BCUT2D eigenvalue weighted by atomic mass is 10.1. The van der Waals surface area contributed by atoms with Crippen LogP contribution in [0.2, 0.25) is 0 Å². The Morgan fingerprint density at radius 1 is 1.59 bits per heavy atom. The number of hydrogen-bond acceptors (Lipinski definition) is 5. The molecule has 5 nitrogen and oxygen atoms in total. The van der Waals surface area contributed by atoms with Gasteiger partial charge in [0.05, 0.1) is 18.3 Å². The third-order valence-electron chi connectivity index (χ3n) is 2.75. The molecule has 0 radical (unpaired) electrons. The fourth-order valence-electron chi connectivity index (χ4n) is 2.13. The van der Waals surface area contributed by atoms with Crippen LogP contribution in [-0.2, 0) is 4.74 Å². The summed E-state index contributed by atoms with van der Waals surface area (Å²) in [5, 5.41) is 9.25. The second kappa shape index (κ2) is 4.58. The highest BCUT2D eigenvalue weighted by atomic mass is 16.5. The molecule has 1 aromatic rings. The van der Waals surface area contributed by atoms with Crippen molar-refractivity contribution in [2.24, 2.45) is 0 Å². The Bertz CT molecular complexity index is 395. The molecule has 0 saturated carbocycles. The van der Waals surface area contributed by atoms with Gasteiger partial charge in [0.2, 0.25) is 5.95 Å². The fourth-order valence-corrected chi connectivity index (χ4v) is 2.13. The molecule has 2 heterocycles. The molecule has 1 N–H and O–H groups in total. The molecule has 1 aliphatic heterocycles. The van der Waals surface area contributed by atoms with Gasteiger partial charge in [0.15, 0.2) is 0 Å². The topological polar surface area (TPSA) is 58.5 Å². The van der Waals surface area contributed by atoms with Crippen LogP contribution in [0.25, 0.3) is 0 Å². The molecule has 0 spiro atoms. The predicted octanol–water partition coefficient (Wildman–Crippen LogP) is 0.761. The van der Waals surface area contributed by atoms with Crippen molar-refractivity contribution in [3.05, 3.63) is 18.0 Å². The molecule has 1 unspecified atom stereocenters. The highest BCUT2D eigenvalue weighted by molar-refractivity contribution is 5.32. The van der Waals surface area contributed by atoms with Crippen LogP contribution < -0.4 is 4.90 Å². The normalized spacial score (nSPS) is 23.8. The van der Waals surface area contributed by atoms with Gasteiger partial charge in [-0.3, -0.25) is 0 Å². The second-order valence-electron chi connectivity index (χ2n) is 5.06. The molecule has 17 heavy (non-hydrogen) atoms. The maximum atomic E-state index is 9.25. The summed E-state index contributed by atoms with van der Waals surface area (Å²) >= 11 is 0. The number of anilines is 1. The Hall–Kier alpha value is -1.20. The summed E-state index contributed by atoms with van der Waals surface area (Å²) in [7, 11) is 0. The van der Waals surface area contributed by atoms with Crippen molar-refractivity contribution in [1.82, 2.24) is 9.97 Å². The lowest BCUT2D eigenvalue weighted by Crippen LogP contribution is -2.54. The molecule has 0 bridgehead atoms. The van der Waals surface area contributed by atoms with Crippen molar-refractivity contribution in [2.75, 3.05) is 24.6 Å². The molecule has 1 fully saturated rings. The Balaban J connectivity index is 2.20. The van der Waals surface area contributed by atoms with Crippen LogP contribution in [0.15, 0.2) is 12.3 Å². The molecule has 0 aromatic carbocycles. The van der Waals surface area contributed by atoms with E-state index in [0.717, 1.165) is 12.2 Å². The van der Waals surface area contributed by atoms with E-state index in [-0.39, 0.29) is 18.3 Å². The van der Waals surface area contributed by atoms with E-state index in [1.54, 1.807) is 6.20 Å². The number of rotatable bonds is 2. The van der Waals surface area contributed by atoms with E-state index in [4.69, 9.17) is 4.74 Å². The number of hydrogen-bond donors (Lipinski definition) is 1. The van der Waals surface area contributed by atoms with Crippen molar-refractivity contribution in [2.45, 2.75) is 32.5 Å². The monoisotopic (exact) mass is 237 g/mol. The SMILES string of the molecule is Cc1ccnc(N2CC(CO)OC(C)(C)C2)n1. The minimum absolute atomic E-state index is 0.0196. The summed E-state index contributed by atoms with van der Waals surface area (Å²) in [6, 6.07) is 1.87. The molecular weight excluding hydrogens is 218 g/mol. The average Bonchev–Trinajstić information content (AvgIpc) is 2.27.